The van der Waals surface area contributed by atoms with E-state index in [1.807, 2.05) is 13.0 Å². The number of pyridine rings is 1. The molecule has 0 unspecified atom stereocenters. The number of aryl methyl sites for hydroxylation is 1. The van der Waals surface area contributed by atoms with Crippen LogP contribution in [-0.2, 0) is 11.8 Å². The number of nitrogens with zero attached hydrogens (tertiary/aromatic N) is 6. The second kappa shape index (κ2) is 7.38. The molecule has 0 atom stereocenters. The predicted molar refractivity (Wildman–Crippen MR) is 106 cm³/mol. The minimum absolute atomic E-state index is 0.0354. The number of aromatic nitrogens is 6. The number of amides is 1. The summed E-state index contributed by atoms with van der Waals surface area (Å²) in [6.07, 6.45) is 5.09. The zero-order valence-electron chi connectivity index (χ0n) is 16.3. The molecule has 3 heterocycles. The van der Waals surface area contributed by atoms with Crippen LogP contribution < -0.4 is 10.6 Å². The van der Waals surface area contributed by atoms with Gasteiger partial charge in [-0.1, -0.05) is 0 Å². The van der Waals surface area contributed by atoms with Gasteiger partial charge in [0.15, 0.2) is 17.3 Å². The highest BCUT2D eigenvalue weighted by molar-refractivity contribution is 5.99. The Morgan fingerprint density at radius 1 is 1.24 bits per heavy atom. The molecule has 1 aliphatic rings. The molecule has 3 aromatic heterocycles. The van der Waals surface area contributed by atoms with Crippen LogP contribution in [0.15, 0.2) is 24.5 Å². The fourth-order valence-corrected chi connectivity index (χ4v) is 2.92. The summed E-state index contributed by atoms with van der Waals surface area (Å²) in [6.45, 7) is 3.31. The van der Waals surface area contributed by atoms with E-state index in [-0.39, 0.29) is 29.1 Å². The Hall–Kier alpha value is -3.69. The Kier molecular flexibility index (Phi) is 4.75. The fourth-order valence-electron chi connectivity index (χ4n) is 2.92. The molecule has 3 aromatic rings. The molecule has 2 N–H and O–H groups in total. The number of hydrogen-bond donors (Lipinski definition) is 2. The maximum absolute atomic E-state index is 12.0. The SMILES string of the molecule is CC(=O)c1nnc(NC(=O)C2CC2)cc1Nc1nccc(-c2cnn(C)n2)c1C. The van der Waals surface area contributed by atoms with Gasteiger partial charge in [-0.05, 0) is 25.8 Å². The van der Waals surface area contributed by atoms with Gasteiger partial charge in [0.05, 0.1) is 11.9 Å². The Morgan fingerprint density at radius 3 is 2.69 bits per heavy atom. The van der Waals surface area contributed by atoms with E-state index < -0.39 is 0 Å². The van der Waals surface area contributed by atoms with Crippen molar-refractivity contribution >= 4 is 29.0 Å². The van der Waals surface area contributed by atoms with Crippen LogP contribution in [0.4, 0.5) is 17.3 Å². The average Bonchev–Trinajstić information content (AvgIpc) is 3.45. The first-order valence-corrected chi connectivity index (χ1v) is 9.21. The van der Waals surface area contributed by atoms with Gasteiger partial charge in [-0.3, -0.25) is 9.59 Å². The summed E-state index contributed by atoms with van der Waals surface area (Å²) >= 11 is 0. The van der Waals surface area contributed by atoms with Crippen molar-refractivity contribution in [2.24, 2.45) is 13.0 Å². The summed E-state index contributed by atoms with van der Waals surface area (Å²) in [7, 11) is 1.75. The summed E-state index contributed by atoms with van der Waals surface area (Å²) in [5, 5.41) is 22.3. The standard InChI is InChI=1S/C19H20N8O2/c1-10-13(15-9-21-27(3)26-15)6-7-20-18(10)22-14-8-16(23-19(29)12-4-5-12)24-25-17(14)11(2)28/h6-9,12H,4-5H2,1-3H3,(H2,20,22,23,24,29). The van der Waals surface area contributed by atoms with Crippen LogP contribution in [-0.4, -0.2) is 41.9 Å². The molecule has 0 aromatic carbocycles. The minimum Gasteiger partial charge on any atom is -0.338 e. The molecule has 1 amide bonds. The molecular formula is C19H20N8O2. The molecule has 0 spiro atoms. The quantitative estimate of drug-likeness (QED) is 0.612. The van der Waals surface area contributed by atoms with E-state index in [2.05, 4.69) is 36.0 Å². The van der Waals surface area contributed by atoms with E-state index in [0.717, 1.165) is 24.0 Å². The fraction of sp³-hybridized carbons (Fsp3) is 0.316. The first kappa shape index (κ1) is 18.7. The molecule has 0 bridgehead atoms. The zero-order chi connectivity index (χ0) is 20.5. The Morgan fingerprint density at radius 2 is 2.03 bits per heavy atom. The lowest BCUT2D eigenvalue weighted by Gasteiger charge is -2.13. The average molecular weight is 392 g/mol. The van der Waals surface area contributed by atoms with Gasteiger partial charge >= 0.3 is 0 Å². The second-order valence-corrected chi connectivity index (χ2v) is 6.99. The van der Waals surface area contributed by atoms with Gasteiger partial charge in [0.2, 0.25) is 5.91 Å². The second-order valence-electron chi connectivity index (χ2n) is 6.99. The molecule has 4 rings (SSSR count). The van der Waals surface area contributed by atoms with Crippen molar-refractivity contribution in [3.05, 3.63) is 35.8 Å². The number of Topliss-reactive ketones (excluding diaryl/α,β-unsaturated/α-hetero) is 1. The van der Waals surface area contributed by atoms with E-state index >= 15 is 0 Å². The Labute approximate surface area is 166 Å². The number of anilines is 3. The van der Waals surface area contributed by atoms with E-state index in [1.165, 1.54) is 11.7 Å². The van der Waals surface area contributed by atoms with Crippen molar-refractivity contribution in [1.29, 1.82) is 0 Å². The van der Waals surface area contributed by atoms with Crippen LogP contribution >= 0.6 is 0 Å². The van der Waals surface area contributed by atoms with Crippen molar-refractivity contribution in [3.8, 4) is 11.3 Å². The predicted octanol–water partition coefficient (Wildman–Crippen LogP) is 2.27. The highest BCUT2D eigenvalue weighted by Crippen LogP contribution is 2.31. The van der Waals surface area contributed by atoms with Crippen molar-refractivity contribution in [3.63, 3.8) is 0 Å². The molecule has 0 radical (unpaired) electrons. The summed E-state index contributed by atoms with van der Waals surface area (Å²) in [5.74, 6) is 0.538. The number of rotatable bonds is 6. The van der Waals surface area contributed by atoms with E-state index in [4.69, 9.17) is 0 Å². The van der Waals surface area contributed by atoms with Crippen LogP contribution in [0.2, 0.25) is 0 Å². The third-order valence-electron chi connectivity index (χ3n) is 4.66. The van der Waals surface area contributed by atoms with Crippen LogP contribution in [0.3, 0.4) is 0 Å². The number of ketones is 1. The van der Waals surface area contributed by atoms with Crippen LogP contribution in [0, 0.1) is 12.8 Å². The van der Waals surface area contributed by atoms with Crippen molar-refractivity contribution in [1.82, 2.24) is 30.2 Å². The molecule has 1 fully saturated rings. The van der Waals surface area contributed by atoms with Gasteiger partial charge in [-0.25, -0.2) is 4.98 Å². The molecule has 10 heteroatoms. The highest BCUT2D eigenvalue weighted by Gasteiger charge is 2.30. The number of hydrogen-bond acceptors (Lipinski definition) is 8. The topological polar surface area (TPSA) is 128 Å². The maximum atomic E-state index is 12.0. The molecule has 29 heavy (non-hydrogen) atoms. The van der Waals surface area contributed by atoms with Crippen molar-refractivity contribution in [2.75, 3.05) is 10.6 Å². The van der Waals surface area contributed by atoms with Gasteiger partial charge in [-0.15, -0.1) is 10.2 Å². The van der Waals surface area contributed by atoms with Crippen molar-refractivity contribution < 1.29 is 9.59 Å². The molecule has 1 aliphatic carbocycles. The third kappa shape index (κ3) is 3.96. The summed E-state index contributed by atoms with van der Waals surface area (Å²) in [6, 6.07) is 3.45. The Balaban J connectivity index is 1.67. The van der Waals surface area contributed by atoms with Gasteiger partial charge in [-0.2, -0.15) is 15.0 Å². The van der Waals surface area contributed by atoms with Crippen LogP contribution in [0.1, 0.15) is 35.8 Å². The number of carbonyl (C=O) groups excluding carboxylic acids is 2. The van der Waals surface area contributed by atoms with E-state index in [9.17, 15) is 9.59 Å². The monoisotopic (exact) mass is 392 g/mol. The first-order chi connectivity index (χ1) is 13.9. The zero-order valence-corrected chi connectivity index (χ0v) is 16.3. The summed E-state index contributed by atoms with van der Waals surface area (Å²) in [4.78, 5) is 29.9. The number of nitrogens with one attached hydrogen (secondary N) is 2. The lowest BCUT2D eigenvalue weighted by atomic mass is 10.1. The lowest BCUT2D eigenvalue weighted by Crippen LogP contribution is -2.16. The van der Waals surface area contributed by atoms with Gasteiger partial charge in [0, 0.05) is 43.3 Å². The third-order valence-corrected chi connectivity index (χ3v) is 4.66. The van der Waals surface area contributed by atoms with Gasteiger partial charge in [0.25, 0.3) is 0 Å². The minimum atomic E-state index is -0.247. The molecule has 148 valence electrons. The molecule has 0 aliphatic heterocycles. The molecule has 1 saturated carbocycles. The van der Waals surface area contributed by atoms with E-state index in [0.29, 0.717) is 17.2 Å². The number of carbonyl (C=O) groups is 2. The van der Waals surface area contributed by atoms with Crippen molar-refractivity contribution in [2.45, 2.75) is 26.7 Å². The normalized spacial score (nSPS) is 13.2. The summed E-state index contributed by atoms with van der Waals surface area (Å²) < 4.78 is 0. The van der Waals surface area contributed by atoms with Crippen LogP contribution in [0.5, 0.6) is 0 Å². The maximum Gasteiger partial charge on any atom is 0.228 e. The lowest BCUT2D eigenvalue weighted by molar-refractivity contribution is -0.117. The summed E-state index contributed by atoms with van der Waals surface area (Å²) in [5.41, 5.74) is 3.01. The smallest absolute Gasteiger partial charge is 0.228 e. The van der Waals surface area contributed by atoms with Crippen LogP contribution in [0.25, 0.3) is 11.3 Å². The molecule has 10 nitrogen and oxygen atoms in total. The largest absolute Gasteiger partial charge is 0.338 e. The molecule has 0 saturated heterocycles. The molecular weight excluding hydrogens is 372 g/mol. The first-order valence-electron chi connectivity index (χ1n) is 9.21. The van der Waals surface area contributed by atoms with E-state index in [1.54, 1.807) is 25.5 Å². The highest BCUT2D eigenvalue weighted by atomic mass is 16.2. The Bertz CT molecular complexity index is 1100. The van der Waals surface area contributed by atoms with Gasteiger partial charge in [0.1, 0.15) is 11.5 Å². The van der Waals surface area contributed by atoms with Gasteiger partial charge < -0.3 is 10.6 Å².